The standard InChI is InChI=1S/C16H11NO3/c18-15-9-14(10-4-2-1-3-5-10)17-13-7-6-11(16(19)20)8-12(13)15/h1-9H,(H,17,18)(H,19,20). The Balaban J connectivity index is 2.24. The van der Waals surface area contributed by atoms with Crippen LogP contribution in [0.3, 0.4) is 0 Å². The minimum Gasteiger partial charge on any atom is -0.478 e. The second kappa shape index (κ2) is 4.66. The topological polar surface area (TPSA) is 70.2 Å². The summed E-state index contributed by atoms with van der Waals surface area (Å²) in [7, 11) is 0. The minimum absolute atomic E-state index is 0.107. The predicted molar refractivity (Wildman–Crippen MR) is 77.0 cm³/mol. The van der Waals surface area contributed by atoms with Crippen molar-refractivity contribution < 1.29 is 9.90 Å². The Hall–Kier alpha value is -2.88. The van der Waals surface area contributed by atoms with Crippen molar-refractivity contribution in [2.45, 2.75) is 0 Å². The van der Waals surface area contributed by atoms with Gasteiger partial charge in [-0.3, -0.25) is 4.79 Å². The molecule has 0 saturated carbocycles. The van der Waals surface area contributed by atoms with Gasteiger partial charge in [-0.05, 0) is 23.8 Å². The van der Waals surface area contributed by atoms with Crippen LogP contribution in [0, 0.1) is 0 Å². The van der Waals surface area contributed by atoms with Crippen molar-refractivity contribution in [3.05, 3.63) is 70.4 Å². The van der Waals surface area contributed by atoms with Gasteiger partial charge in [-0.2, -0.15) is 0 Å². The zero-order chi connectivity index (χ0) is 14.1. The average Bonchev–Trinajstić information content (AvgIpc) is 2.47. The predicted octanol–water partition coefficient (Wildman–Crippen LogP) is 2.89. The molecule has 0 amide bonds. The quantitative estimate of drug-likeness (QED) is 0.748. The number of carbonyl (C=O) groups is 1. The lowest BCUT2D eigenvalue weighted by atomic mass is 10.1. The molecule has 2 N–H and O–H groups in total. The summed E-state index contributed by atoms with van der Waals surface area (Å²) < 4.78 is 0. The van der Waals surface area contributed by atoms with Crippen molar-refractivity contribution in [2.24, 2.45) is 0 Å². The number of hydrogen-bond acceptors (Lipinski definition) is 2. The maximum atomic E-state index is 12.1. The van der Waals surface area contributed by atoms with Crippen LogP contribution >= 0.6 is 0 Å². The van der Waals surface area contributed by atoms with Gasteiger partial charge in [-0.15, -0.1) is 0 Å². The highest BCUT2D eigenvalue weighted by Gasteiger charge is 2.08. The summed E-state index contributed by atoms with van der Waals surface area (Å²) in [6.07, 6.45) is 0. The van der Waals surface area contributed by atoms with E-state index in [1.54, 1.807) is 6.07 Å². The normalized spacial score (nSPS) is 10.6. The molecule has 0 atom stereocenters. The summed E-state index contributed by atoms with van der Waals surface area (Å²) in [5.41, 5.74) is 2.16. The maximum Gasteiger partial charge on any atom is 0.335 e. The SMILES string of the molecule is O=C(O)c1ccc2[nH]c(-c3ccccc3)cc(=O)c2c1. The Labute approximate surface area is 114 Å². The molecule has 1 heterocycles. The molecule has 4 nitrogen and oxygen atoms in total. The lowest BCUT2D eigenvalue weighted by Crippen LogP contribution is -2.05. The molecule has 0 spiro atoms. The van der Waals surface area contributed by atoms with Crippen molar-refractivity contribution in [1.29, 1.82) is 0 Å². The molecule has 0 radical (unpaired) electrons. The summed E-state index contributed by atoms with van der Waals surface area (Å²) in [6, 6.07) is 15.5. The zero-order valence-corrected chi connectivity index (χ0v) is 10.5. The Morgan fingerprint density at radius 3 is 2.45 bits per heavy atom. The number of fused-ring (bicyclic) bond motifs is 1. The first-order chi connectivity index (χ1) is 9.65. The summed E-state index contributed by atoms with van der Waals surface area (Å²) in [6.45, 7) is 0. The maximum absolute atomic E-state index is 12.1. The van der Waals surface area contributed by atoms with Crippen LogP contribution in [0.15, 0.2) is 59.4 Å². The molecular formula is C16H11NO3. The highest BCUT2D eigenvalue weighted by Crippen LogP contribution is 2.18. The summed E-state index contributed by atoms with van der Waals surface area (Å²) in [5, 5.41) is 9.33. The van der Waals surface area contributed by atoms with Crippen molar-refractivity contribution in [2.75, 3.05) is 0 Å². The number of H-pyrrole nitrogens is 1. The third-order valence-corrected chi connectivity index (χ3v) is 3.16. The van der Waals surface area contributed by atoms with Crippen LogP contribution in [0.5, 0.6) is 0 Å². The first-order valence-electron chi connectivity index (χ1n) is 6.11. The first-order valence-corrected chi connectivity index (χ1v) is 6.11. The fourth-order valence-corrected chi connectivity index (χ4v) is 2.15. The van der Waals surface area contributed by atoms with E-state index in [0.29, 0.717) is 16.6 Å². The fourth-order valence-electron chi connectivity index (χ4n) is 2.15. The second-order valence-electron chi connectivity index (χ2n) is 4.48. The van der Waals surface area contributed by atoms with E-state index in [2.05, 4.69) is 4.98 Å². The van der Waals surface area contributed by atoms with Crippen molar-refractivity contribution in [1.82, 2.24) is 4.98 Å². The number of pyridine rings is 1. The Morgan fingerprint density at radius 1 is 1.00 bits per heavy atom. The van der Waals surface area contributed by atoms with Crippen LogP contribution < -0.4 is 5.43 Å². The monoisotopic (exact) mass is 265 g/mol. The number of hydrogen-bond donors (Lipinski definition) is 2. The smallest absolute Gasteiger partial charge is 0.335 e. The van der Waals surface area contributed by atoms with Crippen LogP contribution in [0.25, 0.3) is 22.2 Å². The Bertz CT molecular complexity index is 850. The lowest BCUT2D eigenvalue weighted by Gasteiger charge is -2.05. The molecule has 2 aromatic carbocycles. The van der Waals surface area contributed by atoms with E-state index in [4.69, 9.17) is 5.11 Å². The van der Waals surface area contributed by atoms with Crippen molar-refractivity contribution in [3.63, 3.8) is 0 Å². The molecule has 0 aliphatic carbocycles. The van der Waals surface area contributed by atoms with Crippen LogP contribution in [-0.4, -0.2) is 16.1 Å². The number of aromatic amines is 1. The van der Waals surface area contributed by atoms with E-state index in [1.165, 1.54) is 18.2 Å². The van der Waals surface area contributed by atoms with E-state index in [0.717, 1.165) is 5.56 Å². The summed E-state index contributed by atoms with van der Waals surface area (Å²) in [5.74, 6) is -1.04. The third kappa shape index (κ3) is 2.07. The summed E-state index contributed by atoms with van der Waals surface area (Å²) in [4.78, 5) is 26.2. The van der Waals surface area contributed by atoms with Gasteiger partial charge in [0.1, 0.15) is 0 Å². The Kier molecular flexibility index (Phi) is 2.84. The highest BCUT2D eigenvalue weighted by atomic mass is 16.4. The second-order valence-corrected chi connectivity index (χ2v) is 4.48. The summed E-state index contributed by atoms with van der Waals surface area (Å²) >= 11 is 0. The minimum atomic E-state index is -1.04. The number of rotatable bonds is 2. The number of nitrogens with one attached hydrogen (secondary N) is 1. The average molecular weight is 265 g/mol. The molecule has 0 bridgehead atoms. The number of aromatic carboxylic acids is 1. The van der Waals surface area contributed by atoms with E-state index < -0.39 is 5.97 Å². The number of carboxylic acids is 1. The number of benzene rings is 2. The van der Waals surface area contributed by atoms with Crippen molar-refractivity contribution >= 4 is 16.9 Å². The van der Waals surface area contributed by atoms with Crippen LogP contribution in [0.2, 0.25) is 0 Å². The van der Waals surface area contributed by atoms with Gasteiger partial charge < -0.3 is 10.1 Å². The van der Waals surface area contributed by atoms with Gasteiger partial charge in [-0.1, -0.05) is 30.3 Å². The van der Waals surface area contributed by atoms with Crippen LogP contribution in [-0.2, 0) is 0 Å². The molecule has 3 aromatic rings. The van der Waals surface area contributed by atoms with Gasteiger partial charge in [0.15, 0.2) is 5.43 Å². The molecule has 0 unspecified atom stereocenters. The molecular weight excluding hydrogens is 254 g/mol. The van der Waals surface area contributed by atoms with E-state index in [9.17, 15) is 9.59 Å². The molecule has 0 aliphatic heterocycles. The van der Waals surface area contributed by atoms with Gasteiger partial charge in [0, 0.05) is 22.7 Å². The van der Waals surface area contributed by atoms with Crippen LogP contribution in [0.1, 0.15) is 10.4 Å². The lowest BCUT2D eigenvalue weighted by molar-refractivity contribution is 0.0697. The largest absolute Gasteiger partial charge is 0.478 e. The first kappa shape index (κ1) is 12.2. The molecule has 0 saturated heterocycles. The van der Waals surface area contributed by atoms with Gasteiger partial charge in [0.25, 0.3) is 0 Å². The fraction of sp³-hybridized carbons (Fsp3) is 0. The van der Waals surface area contributed by atoms with E-state index >= 15 is 0 Å². The highest BCUT2D eigenvalue weighted by molar-refractivity contribution is 5.93. The van der Waals surface area contributed by atoms with E-state index in [1.807, 2.05) is 30.3 Å². The van der Waals surface area contributed by atoms with Crippen molar-refractivity contribution in [3.8, 4) is 11.3 Å². The molecule has 0 aliphatic rings. The van der Waals surface area contributed by atoms with Gasteiger partial charge >= 0.3 is 5.97 Å². The third-order valence-electron chi connectivity index (χ3n) is 3.16. The van der Waals surface area contributed by atoms with Gasteiger partial charge in [0.05, 0.1) is 5.56 Å². The molecule has 4 heteroatoms. The number of aromatic nitrogens is 1. The van der Waals surface area contributed by atoms with Crippen LogP contribution in [0.4, 0.5) is 0 Å². The molecule has 1 aromatic heterocycles. The Morgan fingerprint density at radius 2 is 1.75 bits per heavy atom. The van der Waals surface area contributed by atoms with Gasteiger partial charge in [0.2, 0.25) is 0 Å². The molecule has 0 fully saturated rings. The molecule has 98 valence electrons. The number of carboxylic acid groups (broad SMARTS) is 1. The van der Waals surface area contributed by atoms with Gasteiger partial charge in [-0.25, -0.2) is 4.79 Å². The zero-order valence-electron chi connectivity index (χ0n) is 10.5. The molecule has 20 heavy (non-hydrogen) atoms. The van der Waals surface area contributed by atoms with E-state index in [-0.39, 0.29) is 11.0 Å². The molecule has 3 rings (SSSR count).